The van der Waals surface area contributed by atoms with Crippen molar-refractivity contribution in [2.24, 2.45) is 7.05 Å². The minimum atomic E-state index is -0.523. The van der Waals surface area contributed by atoms with Gasteiger partial charge in [-0.15, -0.1) is 0 Å². The topological polar surface area (TPSA) is 104 Å². The van der Waals surface area contributed by atoms with Gasteiger partial charge in [0.1, 0.15) is 11.3 Å². The second-order valence-corrected chi connectivity index (χ2v) is 6.90. The molecule has 26 heavy (non-hydrogen) atoms. The number of aromatic amines is 2. The smallest absolute Gasteiger partial charge is 0.329 e. The molecular weight excluding hydrogens is 402 g/mol. The van der Waals surface area contributed by atoms with Crippen LogP contribution in [0, 0.1) is 0 Å². The van der Waals surface area contributed by atoms with Gasteiger partial charge in [0.15, 0.2) is 5.65 Å². The number of H-pyrrole nitrogens is 2. The van der Waals surface area contributed by atoms with Crippen LogP contribution in [0.4, 0.5) is 0 Å². The third-order valence-electron chi connectivity index (χ3n) is 4.17. The molecule has 2 heterocycles. The van der Waals surface area contributed by atoms with Crippen LogP contribution >= 0.6 is 15.9 Å². The highest BCUT2D eigenvalue weighted by Gasteiger charge is 2.14. The van der Waals surface area contributed by atoms with Gasteiger partial charge >= 0.3 is 5.69 Å². The van der Waals surface area contributed by atoms with E-state index in [4.69, 9.17) is 0 Å². The zero-order chi connectivity index (χ0) is 18.8. The van der Waals surface area contributed by atoms with E-state index in [0.717, 1.165) is 10.0 Å². The van der Waals surface area contributed by atoms with Crippen LogP contribution in [0.2, 0.25) is 0 Å². The summed E-state index contributed by atoms with van der Waals surface area (Å²) in [4.78, 5) is 46.8. The molecule has 2 aromatic heterocycles. The quantitative estimate of drug-likeness (QED) is 0.650. The molecule has 2 N–H and O–H groups in total. The van der Waals surface area contributed by atoms with Gasteiger partial charge in [-0.1, -0.05) is 34.1 Å². The predicted octanol–water partition coefficient (Wildman–Crippen LogP) is 1.30. The maximum absolute atomic E-state index is 12.4. The molecule has 0 saturated carbocycles. The van der Waals surface area contributed by atoms with Gasteiger partial charge < -0.3 is 9.88 Å². The number of hydrogen-bond donors (Lipinski definition) is 2. The number of nitrogens with one attached hydrogen (secondary N) is 2. The number of aromatic nitrogens is 4. The summed E-state index contributed by atoms with van der Waals surface area (Å²) in [7, 11) is 3.27. The Hall–Kier alpha value is -2.68. The number of hydrogen-bond acceptors (Lipinski definition) is 4. The summed E-state index contributed by atoms with van der Waals surface area (Å²) in [5.41, 5.74) is 0.497. The third-order valence-corrected chi connectivity index (χ3v) is 4.94. The molecule has 0 saturated heterocycles. The highest BCUT2D eigenvalue weighted by atomic mass is 79.9. The number of fused-ring (bicyclic) bond motifs is 1. The highest BCUT2D eigenvalue weighted by molar-refractivity contribution is 9.10. The van der Waals surface area contributed by atoms with Crippen LogP contribution in [0.3, 0.4) is 0 Å². The lowest BCUT2D eigenvalue weighted by molar-refractivity contribution is -0.130. The molecule has 0 radical (unpaired) electrons. The van der Waals surface area contributed by atoms with Crippen molar-refractivity contribution in [2.45, 2.75) is 19.4 Å². The van der Waals surface area contributed by atoms with Crippen LogP contribution in [0.1, 0.15) is 17.8 Å². The second-order valence-electron chi connectivity index (χ2n) is 6.04. The molecule has 0 unspecified atom stereocenters. The van der Waals surface area contributed by atoms with E-state index in [-0.39, 0.29) is 23.5 Å². The van der Waals surface area contributed by atoms with E-state index in [2.05, 4.69) is 30.9 Å². The molecule has 0 fully saturated rings. The molecule has 1 amide bonds. The van der Waals surface area contributed by atoms with Crippen LogP contribution in [-0.2, 0) is 24.8 Å². The molecule has 0 aliphatic rings. The van der Waals surface area contributed by atoms with Gasteiger partial charge in [-0.05, 0) is 11.6 Å². The first-order valence-corrected chi connectivity index (χ1v) is 8.81. The van der Waals surface area contributed by atoms with Crippen molar-refractivity contribution in [3.8, 4) is 0 Å². The lowest BCUT2D eigenvalue weighted by Crippen LogP contribution is -2.28. The van der Waals surface area contributed by atoms with Crippen LogP contribution in [0.15, 0.2) is 38.3 Å². The van der Waals surface area contributed by atoms with Gasteiger partial charge in [-0.3, -0.25) is 19.1 Å². The monoisotopic (exact) mass is 419 g/mol. The zero-order valence-corrected chi connectivity index (χ0v) is 16.0. The van der Waals surface area contributed by atoms with E-state index in [1.165, 1.54) is 11.6 Å². The summed E-state index contributed by atoms with van der Waals surface area (Å²) < 4.78 is 2.22. The molecule has 1 aromatic carbocycles. The first-order valence-electron chi connectivity index (χ1n) is 8.02. The summed E-state index contributed by atoms with van der Waals surface area (Å²) in [6, 6.07) is 7.74. The van der Waals surface area contributed by atoms with Crippen LogP contribution in [-0.4, -0.2) is 37.4 Å². The Bertz CT molecular complexity index is 1080. The zero-order valence-electron chi connectivity index (χ0n) is 14.4. The fourth-order valence-corrected chi connectivity index (χ4v) is 3.07. The molecule has 0 aliphatic heterocycles. The van der Waals surface area contributed by atoms with Crippen molar-refractivity contribution in [3.63, 3.8) is 0 Å². The molecule has 0 bridgehead atoms. The number of carbonyl (C=O) groups is 1. The molecule has 9 heteroatoms. The normalized spacial score (nSPS) is 11.0. The summed E-state index contributed by atoms with van der Waals surface area (Å²) in [5.74, 6) is 0.457. The van der Waals surface area contributed by atoms with E-state index < -0.39 is 11.2 Å². The summed E-state index contributed by atoms with van der Waals surface area (Å²) in [6.07, 6.45) is 0.591. The summed E-state index contributed by atoms with van der Waals surface area (Å²) in [5, 5.41) is 0. The molecule has 0 spiro atoms. The van der Waals surface area contributed by atoms with Gasteiger partial charge in [0, 0.05) is 38.0 Å². The number of benzene rings is 1. The predicted molar refractivity (Wildman–Crippen MR) is 101 cm³/mol. The Kier molecular flexibility index (Phi) is 5.08. The molecule has 136 valence electrons. The maximum atomic E-state index is 12.4. The Morgan fingerprint density at radius 2 is 2.00 bits per heavy atom. The van der Waals surface area contributed by atoms with Crippen molar-refractivity contribution < 1.29 is 4.79 Å². The maximum Gasteiger partial charge on any atom is 0.329 e. The highest BCUT2D eigenvalue weighted by Crippen LogP contribution is 2.17. The van der Waals surface area contributed by atoms with Gasteiger partial charge in [0.05, 0.1) is 0 Å². The van der Waals surface area contributed by atoms with Crippen molar-refractivity contribution in [3.05, 3.63) is 61.0 Å². The fourth-order valence-electron chi connectivity index (χ4n) is 2.66. The van der Waals surface area contributed by atoms with Crippen LogP contribution < -0.4 is 11.2 Å². The van der Waals surface area contributed by atoms with Crippen molar-refractivity contribution in [1.29, 1.82) is 0 Å². The van der Waals surface area contributed by atoms with E-state index in [9.17, 15) is 14.4 Å². The van der Waals surface area contributed by atoms with E-state index >= 15 is 0 Å². The van der Waals surface area contributed by atoms with Gasteiger partial charge in [0.25, 0.3) is 5.56 Å². The Morgan fingerprint density at radius 1 is 1.27 bits per heavy atom. The minimum absolute atomic E-state index is 0.0380. The number of rotatable bonds is 5. The van der Waals surface area contributed by atoms with Crippen molar-refractivity contribution >= 4 is 33.0 Å². The second kappa shape index (κ2) is 7.28. The Morgan fingerprint density at radius 3 is 2.73 bits per heavy atom. The SMILES string of the molecule is CN(Cc1ccccc1Br)C(=O)CCc1nc2c([nH]1)c(=O)[nH]c(=O)n2C. The van der Waals surface area contributed by atoms with E-state index in [0.29, 0.717) is 18.8 Å². The standard InChI is InChI=1S/C17H18BrN5O3/c1-22(9-10-5-3-4-6-11(10)18)13(24)8-7-12-19-14-15(20-12)23(2)17(26)21-16(14)25/h3-6H,7-9H2,1-2H3,(H,19,20)(H,21,25,26). The molecule has 3 rings (SSSR count). The average Bonchev–Trinajstić information content (AvgIpc) is 3.04. The van der Waals surface area contributed by atoms with Crippen molar-refractivity contribution in [1.82, 2.24) is 24.4 Å². The molecule has 3 aromatic rings. The fraction of sp³-hybridized carbons (Fsp3) is 0.294. The number of halogens is 1. The number of nitrogens with zero attached hydrogens (tertiary/aromatic N) is 3. The van der Waals surface area contributed by atoms with Crippen LogP contribution in [0.5, 0.6) is 0 Å². The Balaban J connectivity index is 1.70. The number of amides is 1. The van der Waals surface area contributed by atoms with Gasteiger partial charge in [-0.25, -0.2) is 9.78 Å². The summed E-state index contributed by atoms with van der Waals surface area (Å²) in [6.45, 7) is 0.495. The molecule has 0 aliphatic carbocycles. The lowest BCUT2D eigenvalue weighted by Gasteiger charge is -2.17. The Labute approximate surface area is 157 Å². The first-order chi connectivity index (χ1) is 12.4. The average molecular weight is 420 g/mol. The van der Waals surface area contributed by atoms with E-state index in [1.807, 2.05) is 24.3 Å². The van der Waals surface area contributed by atoms with Gasteiger partial charge in [0.2, 0.25) is 5.91 Å². The van der Waals surface area contributed by atoms with E-state index in [1.54, 1.807) is 11.9 Å². The number of aryl methyl sites for hydroxylation is 2. The minimum Gasteiger partial charge on any atom is -0.341 e. The third kappa shape index (κ3) is 3.62. The number of imidazole rings is 1. The lowest BCUT2D eigenvalue weighted by atomic mass is 10.2. The van der Waals surface area contributed by atoms with Gasteiger partial charge in [-0.2, -0.15) is 0 Å². The first kappa shape index (κ1) is 18.1. The van der Waals surface area contributed by atoms with Crippen LogP contribution in [0.25, 0.3) is 11.2 Å². The largest absolute Gasteiger partial charge is 0.341 e. The van der Waals surface area contributed by atoms with Crippen molar-refractivity contribution in [2.75, 3.05) is 7.05 Å². The summed E-state index contributed by atoms with van der Waals surface area (Å²) >= 11 is 3.48. The molecule has 8 nitrogen and oxygen atoms in total. The molecule has 0 atom stereocenters. The number of carbonyl (C=O) groups excluding carboxylic acids is 1. The molecular formula is C17H18BrN5O3.